The highest BCUT2D eigenvalue weighted by molar-refractivity contribution is 8.14. The van der Waals surface area contributed by atoms with Gasteiger partial charge in [-0.2, -0.15) is 0 Å². The number of hydrogen-bond acceptors (Lipinski definition) is 5. The zero-order chi connectivity index (χ0) is 18.2. The lowest BCUT2D eigenvalue weighted by Crippen LogP contribution is -2.30. The van der Waals surface area contributed by atoms with Gasteiger partial charge in [-0.05, 0) is 49.1 Å². The molecular weight excluding hydrogens is 352 g/mol. The third kappa shape index (κ3) is 3.22. The summed E-state index contributed by atoms with van der Waals surface area (Å²) in [6, 6.07) is 15.7. The van der Waals surface area contributed by atoms with Crippen molar-refractivity contribution in [1.29, 1.82) is 0 Å². The number of aromatic nitrogens is 1. The maximum absolute atomic E-state index is 5.07. The van der Waals surface area contributed by atoms with Gasteiger partial charge in [-0.3, -0.25) is 9.98 Å². The highest BCUT2D eigenvalue weighted by atomic mass is 32.2. The summed E-state index contributed by atoms with van der Waals surface area (Å²) in [6.45, 7) is 5.73. The van der Waals surface area contributed by atoms with Crippen LogP contribution in [-0.4, -0.2) is 39.9 Å². The first-order chi connectivity index (χ1) is 13.3. The number of pyridine rings is 1. The molecule has 1 aromatic heterocycles. The van der Waals surface area contributed by atoms with Crippen molar-refractivity contribution in [2.75, 3.05) is 24.5 Å². The second kappa shape index (κ2) is 7.19. The number of nitrogens with zero attached hydrogens (tertiary/aromatic N) is 4. The van der Waals surface area contributed by atoms with Gasteiger partial charge in [0.1, 0.15) is 6.04 Å². The largest absolute Gasteiger partial charge is 0.372 e. The summed E-state index contributed by atoms with van der Waals surface area (Å²) >= 11 is 1.90. The molecule has 0 unspecified atom stereocenters. The molecule has 27 heavy (non-hydrogen) atoms. The number of anilines is 1. The monoisotopic (exact) mass is 378 g/mol. The fourth-order valence-electron chi connectivity index (χ4n) is 4.51. The number of aliphatic imine (C=N–C) groups is 1. The first-order valence-corrected chi connectivity index (χ1v) is 10.9. The van der Waals surface area contributed by atoms with E-state index in [1.54, 1.807) is 0 Å². The minimum atomic E-state index is 0.0852. The molecular formula is C22H26N4S. The Balaban J connectivity index is 1.46. The molecule has 0 spiro atoms. The van der Waals surface area contributed by atoms with Crippen LogP contribution in [0.5, 0.6) is 0 Å². The molecule has 140 valence electrons. The van der Waals surface area contributed by atoms with E-state index in [4.69, 9.17) is 4.99 Å². The third-order valence-electron chi connectivity index (χ3n) is 5.84. The molecule has 0 N–H and O–H groups in total. The van der Waals surface area contributed by atoms with E-state index in [0.717, 1.165) is 12.2 Å². The van der Waals surface area contributed by atoms with Crippen LogP contribution < -0.4 is 4.90 Å². The Morgan fingerprint density at radius 2 is 1.81 bits per heavy atom. The Morgan fingerprint density at radius 1 is 1.00 bits per heavy atom. The number of rotatable bonds is 3. The zero-order valence-electron chi connectivity index (χ0n) is 15.8. The minimum Gasteiger partial charge on any atom is -0.372 e. The average Bonchev–Trinajstić information content (AvgIpc) is 3.25. The molecule has 0 bridgehead atoms. The minimum absolute atomic E-state index is 0.0852. The first-order valence-electron chi connectivity index (χ1n) is 10.1. The van der Waals surface area contributed by atoms with E-state index in [1.165, 1.54) is 48.8 Å². The van der Waals surface area contributed by atoms with E-state index < -0.39 is 0 Å². The first kappa shape index (κ1) is 17.1. The van der Waals surface area contributed by atoms with E-state index in [9.17, 15) is 0 Å². The topological polar surface area (TPSA) is 31.7 Å². The van der Waals surface area contributed by atoms with Gasteiger partial charge in [0.15, 0.2) is 5.17 Å². The van der Waals surface area contributed by atoms with E-state index >= 15 is 0 Å². The smallest absolute Gasteiger partial charge is 0.160 e. The van der Waals surface area contributed by atoms with E-state index in [-0.39, 0.29) is 12.1 Å². The summed E-state index contributed by atoms with van der Waals surface area (Å²) in [4.78, 5) is 14.7. The Bertz CT molecular complexity index is 814. The summed E-state index contributed by atoms with van der Waals surface area (Å²) in [5, 5.41) is 1.78. The molecule has 3 aliphatic rings. The third-order valence-corrected chi connectivity index (χ3v) is 6.94. The number of fused-ring (bicyclic) bond motifs is 1. The lowest BCUT2D eigenvalue weighted by Gasteiger charge is -2.30. The van der Waals surface area contributed by atoms with Crippen LogP contribution in [0, 0.1) is 0 Å². The summed E-state index contributed by atoms with van der Waals surface area (Å²) in [5.41, 5.74) is 3.77. The summed E-state index contributed by atoms with van der Waals surface area (Å²) in [6.07, 6.45) is 5.87. The number of amidine groups is 1. The van der Waals surface area contributed by atoms with Gasteiger partial charge in [-0.25, -0.2) is 0 Å². The summed E-state index contributed by atoms with van der Waals surface area (Å²) < 4.78 is 0. The van der Waals surface area contributed by atoms with Crippen molar-refractivity contribution in [3.05, 3.63) is 59.9 Å². The van der Waals surface area contributed by atoms with E-state index in [0.29, 0.717) is 5.25 Å². The van der Waals surface area contributed by atoms with Crippen molar-refractivity contribution >= 4 is 22.6 Å². The Morgan fingerprint density at radius 3 is 2.56 bits per heavy atom. The summed E-state index contributed by atoms with van der Waals surface area (Å²) in [7, 11) is 0. The van der Waals surface area contributed by atoms with Gasteiger partial charge in [0.2, 0.25) is 0 Å². The number of benzene rings is 1. The standard InChI is InChI=1S/C22H26N4S/c1-16-15-26-21(20(24-22(26)27-16)19-7-3-4-12-23-19)17-8-10-18(11-9-17)25-13-5-2-6-14-25/h3-4,7-12,16,20-21H,2,5-6,13-15H2,1H3/t16-,20-,21-/m1/s1. The molecule has 2 saturated heterocycles. The molecule has 0 amide bonds. The van der Waals surface area contributed by atoms with Crippen LogP contribution in [0.25, 0.3) is 0 Å². The van der Waals surface area contributed by atoms with Gasteiger partial charge < -0.3 is 9.80 Å². The number of thioether (sulfide) groups is 1. The highest BCUT2D eigenvalue weighted by Gasteiger charge is 2.43. The maximum atomic E-state index is 5.07. The van der Waals surface area contributed by atoms with Crippen LogP contribution >= 0.6 is 11.8 Å². The van der Waals surface area contributed by atoms with Crippen molar-refractivity contribution < 1.29 is 0 Å². The number of hydrogen-bond donors (Lipinski definition) is 0. The average molecular weight is 379 g/mol. The van der Waals surface area contributed by atoms with Gasteiger partial charge in [-0.1, -0.05) is 36.9 Å². The Labute approximate surface area is 165 Å². The second-order valence-electron chi connectivity index (χ2n) is 7.78. The van der Waals surface area contributed by atoms with Crippen molar-refractivity contribution in [2.45, 2.75) is 43.5 Å². The van der Waals surface area contributed by atoms with Crippen LogP contribution in [0.1, 0.15) is 49.5 Å². The predicted molar refractivity (Wildman–Crippen MR) is 113 cm³/mol. The van der Waals surface area contributed by atoms with Gasteiger partial charge in [0, 0.05) is 36.8 Å². The van der Waals surface area contributed by atoms with Gasteiger partial charge in [0.25, 0.3) is 0 Å². The van der Waals surface area contributed by atoms with E-state index in [1.807, 2.05) is 24.0 Å². The zero-order valence-corrected chi connectivity index (χ0v) is 16.6. The van der Waals surface area contributed by atoms with Gasteiger partial charge >= 0.3 is 0 Å². The van der Waals surface area contributed by atoms with Crippen LogP contribution in [0.4, 0.5) is 5.69 Å². The molecule has 4 heterocycles. The molecule has 4 nitrogen and oxygen atoms in total. The van der Waals surface area contributed by atoms with Crippen molar-refractivity contribution in [3.63, 3.8) is 0 Å². The van der Waals surface area contributed by atoms with Crippen molar-refractivity contribution in [1.82, 2.24) is 9.88 Å². The molecule has 3 aliphatic heterocycles. The fourth-order valence-corrected chi connectivity index (χ4v) is 5.61. The lowest BCUT2D eigenvalue weighted by atomic mass is 9.96. The molecule has 5 heteroatoms. The van der Waals surface area contributed by atoms with Crippen LogP contribution in [0.2, 0.25) is 0 Å². The van der Waals surface area contributed by atoms with Crippen LogP contribution in [-0.2, 0) is 0 Å². The Kier molecular flexibility index (Phi) is 4.56. The highest BCUT2D eigenvalue weighted by Crippen LogP contribution is 2.47. The molecule has 5 rings (SSSR count). The van der Waals surface area contributed by atoms with Gasteiger partial charge in [0.05, 0.1) is 11.7 Å². The quantitative estimate of drug-likeness (QED) is 0.777. The molecule has 0 radical (unpaired) electrons. The maximum Gasteiger partial charge on any atom is 0.160 e. The molecule has 2 fully saturated rings. The van der Waals surface area contributed by atoms with Crippen LogP contribution in [0.3, 0.4) is 0 Å². The van der Waals surface area contributed by atoms with Crippen LogP contribution in [0.15, 0.2) is 53.7 Å². The van der Waals surface area contributed by atoms with E-state index in [2.05, 4.69) is 58.1 Å². The van der Waals surface area contributed by atoms with Crippen molar-refractivity contribution in [2.24, 2.45) is 4.99 Å². The van der Waals surface area contributed by atoms with Crippen molar-refractivity contribution in [3.8, 4) is 0 Å². The fraction of sp³-hybridized carbons (Fsp3) is 0.455. The lowest BCUT2D eigenvalue weighted by molar-refractivity contribution is 0.321. The van der Waals surface area contributed by atoms with Gasteiger partial charge in [-0.15, -0.1) is 0 Å². The predicted octanol–water partition coefficient (Wildman–Crippen LogP) is 4.66. The SMILES string of the molecule is C[C@@H]1CN2C(=N[C@H](c3ccccn3)[C@H]2c2ccc(N3CCCCC3)cc2)S1. The molecule has 3 atom stereocenters. The number of piperidine rings is 1. The molecule has 0 aliphatic carbocycles. The molecule has 1 aromatic carbocycles. The Hall–Kier alpha value is -2.01. The normalized spacial score (nSPS) is 27.6. The summed E-state index contributed by atoms with van der Waals surface area (Å²) in [5.74, 6) is 0. The molecule has 2 aromatic rings. The molecule has 0 saturated carbocycles. The second-order valence-corrected chi connectivity index (χ2v) is 9.18.